The number of hydrogen-bond donors (Lipinski definition) is 1. The van der Waals surface area contributed by atoms with Crippen molar-refractivity contribution < 1.29 is 4.79 Å². The van der Waals surface area contributed by atoms with Gasteiger partial charge in [-0.25, -0.2) is 0 Å². The molecule has 0 unspecified atom stereocenters. The van der Waals surface area contributed by atoms with Gasteiger partial charge in [0.1, 0.15) is 5.78 Å². The van der Waals surface area contributed by atoms with Crippen LogP contribution >= 0.6 is 11.6 Å². The van der Waals surface area contributed by atoms with Gasteiger partial charge in [0.15, 0.2) is 0 Å². The Labute approximate surface area is 128 Å². The lowest BCUT2D eigenvalue weighted by Gasteiger charge is -2.39. The molecule has 1 saturated heterocycles. The highest BCUT2D eigenvalue weighted by molar-refractivity contribution is 6.31. The van der Waals surface area contributed by atoms with Crippen LogP contribution in [0.3, 0.4) is 0 Å². The number of nitrogens with zero attached hydrogens (tertiary/aromatic N) is 2. The molecule has 1 spiro atoms. The minimum absolute atomic E-state index is 0.0256. The molecule has 0 radical (unpaired) electrons. The van der Waals surface area contributed by atoms with E-state index in [0.717, 1.165) is 66.8 Å². The van der Waals surface area contributed by atoms with Crippen molar-refractivity contribution in [3.63, 3.8) is 0 Å². The third kappa shape index (κ3) is 2.04. The molecule has 1 aliphatic carbocycles. The van der Waals surface area contributed by atoms with Crippen molar-refractivity contribution in [1.29, 1.82) is 0 Å². The zero-order valence-corrected chi connectivity index (χ0v) is 12.6. The summed E-state index contributed by atoms with van der Waals surface area (Å²) in [5.74, 6) is 0.486. The highest BCUT2D eigenvalue weighted by atomic mass is 35.5. The highest BCUT2D eigenvalue weighted by Gasteiger charge is 2.43. The zero-order chi connectivity index (χ0) is 14.4. The minimum atomic E-state index is -0.0256. The van der Waals surface area contributed by atoms with Crippen LogP contribution in [0, 0.1) is 5.41 Å². The van der Waals surface area contributed by atoms with Gasteiger partial charge in [0.2, 0.25) is 0 Å². The van der Waals surface area contributed by atoms with Gasteiger partial charge < -0.3 is 4.90 Å². The summed E-state index contributed by atoms with van der Waals surface area (Å²) in [7, 11) is 0. The molecule has 1 N–H and O–H groups in total. The number of H-pyrrole nitrogens is 1. The van der Waals surface area contributed by atoms with E-state index in [-0.39, 0.29) is 5.41 Å². The molecule has 5 heteroatoms. The number of halogens is 1. The first-order valence-electron chi connectivity index (χ1n) is 7.59. The molecule has 1 aromatic carbocycles. The molecule has 0 atom stereocenters. The van der Waals surface area contributed by atoms with Gasteiger partial charge in [-0.3, -0.25) is 9.89 Å². The van der Waals surface area contributed by atoms with Gasteiger partial charge in [-0.1, -0.05) is 11.6 Å². The largest absolute Gasteiger partial charge is 0.370 e. The SMILES string of the molecule is O=C1CCCC12CCN(c1cc(Cl)cc3cn[nH]c13)CC2. The number of hydrogen-bond acceptors (Lipinski definition) is 3. The average Bonchev–Trinajstić information content (AvgIpc) is 3.07. The Morgan fingerprint density at radius 2 is 2.05 bits per heavy atom. The summed E-state index contributed by atoms with van der Waals surface area (Å²) < 4.78 is 0. The molecule has 1 aromatic heterocycles. The second-order valence-corrected chi connectivity index (χ2v) is 6.74. The highest BCUT2D eigenvalue weighted by Crippen LogP contribution is 2.45. The Kier molecular flexibility index (Phi) is 2.96. The van der Waals surface area contributed by atoms with E-state index < -0.39 is 0 Å². The van der Waals surface area contributed by atoms with Gasteiger partial charge in [-0.2, -0.15) is 5.10 Å². The molecule has 21 heavy (non-hydrogen) atoms. The first-order chi connectivity index (χ1) is 10.2. The Balaban J connectivity index is 1.63. The molecule has 110 valence electrons. The van der Waals surface area contributed by atoms with Crippen LogP contribution in [-0.2, 0) is 4.79 Å². The maximum absolute atomic E-state index is 12.2. The van der Waals surface area contributed by atoms with Gasteiger partial charge in [-0.05, 0) is 37.8 Å². The molecule has 0 amide bonds. The Morgan fingerprint density at radius 3 is 2.76 bits per heavy atom. The number of piperidine rings is 1. The first-order valence-corrected chi connectivity index (χ1v) is 7.97. The number of aromatic nitrogens is 2. The molecule has 2 aliphatic rings. The normalized spacial score (nSPS) is 21.6. The molecule has 2 heterocycles. The lowest BCUT2D eigenvalue weighted by molar-refractivity contribution is -0.126. The minimum Gasteiger partial charge on any atom is -0.370 e. The number of benzene rings is 1. The van der Waals surface area contributed by atoms with Crippen LogP contribution in [0.25, 0.3) is 10.9 Å². The van der Waals surface area contributed by atoms with Crippen molar-refractivity contribution in [1.82, 2.24) is 10.2 Å². The van der Waals surface area contributed by atoms with Crippen LogP contribution in [0.5, 0.6) is 0 Å². The summed E-state index contributed by atoms with van der Waals surface area (Å²) in [4.78, 5) is 14.5. The second-order valence-electron chi connectivity index (χ2n) is 6.30. The van der Waals surface area contributed by atoms with E-state index in [2.05, 4.69) is 15.1 Å². The van der Waals surface area contributed by atoms with Crippen molar-refractivity contribution >= 4 is 34.0 Å². The molecule has 1 aliphatic heterocycles. The maximum atomic E-state index is 12.2. The van der Waals surface area contributed by atoms with E-state index in [0.29, 0.717) is 5.78 Å². The molecular weight excluding hydrogens is 286 g/mol. The topological polar surface area (TPSA) is 49.0 Å². The molecule has 4 rings (SSSR count). The quantitative estimate of drug-likeness (QED) is 0.876. The summed E-state index contributed by atoms with van der Waals surface area (Å²) in [5, 5.41) is 8.95. The van der Waals surface area contributed by atoms with Gasteiger partial charge in [-0.15, -0.1) is 0 Å². The fourth-order valence-corrected chi connectivity index (χ4v) is 4.17. The van der Waals surface area contributed by atoms with E-state index in [1.54, 1.807) is 6.20 Å². The van der Waals surface area contributed by atoms with Crippen LogP contribution in [0.4, 0.5) is 5.69 Å². The van der Waals surface area contributed by atoms with Crippen molar-refractivity contribution in [2.45, 2.75) is 32.1 Å². The fourth-order valence-electron chi connectivity index (χ4n) is 3.95. The number of fused-ring (bicyclic) bond motifs is 1. The average molecular weight is 304 g/mol. The van der Waals surface area contributed by atoms with E-state index in [1.807, 2.05) is 12.1 Å². The van der Waals surface area contributed by atoms with Crippen LogP contribution < -0.4 is 4.90 Å². The number of carbonyl (C=O) groups is 1. The van der Waals surface area contributed by atoms with Gasteiger partial charge >= 0.3 is 0 Å². The smallest absolute Gasteiger partial charge is 0.139 e. The summed E-state index contributed by atoms with van der Waals surface area (Å²) in [6.07, 6.45) is 6.66. The summed E-state index contributed by atoms with van der Waals surface area (Å²) in [6.45, 7) is 1.83. The summed E-state index contributed by atoms with van der Waals surface area (Å²) in [6, 6.07) is 3.92. The van der Waals surface area contributed by atoms with Crippen LogP contribution in [-0.4, -0.2) is 29.1 Å². The van der Waals surface area contributed by atoms with E-state index in [4.69, 9.17) is 11.6 Å². The number of anilines is 1. The number of nitrogens with one attached hydrogen (secondary N) is 1. The Hall–Kier alpha value is -1.55. The van der Waals surface area contributed by atoms with Crippen molar-refractivity contribution in [2.24, 2.45) is 5.41 Å². The molecule has 1 saturated carbocycles. The lowest BCUT2D eigenvalue weighted by Crippen LogP contribution is -2.42. The standard InChI is InChI=1S/C16H18ClN3O/c17-12-8-11-10-18-19-15(11)13(9-12)20-6-4-16(5-7-20)3-1-2-14(16)21/h8-10H,1-7H2,(H,18,19). The number of rotatable bonds is 1. The van der Waals surface area contributed by atoms with E-state index in [1.165, 1.54) is 0 Å². The zero-order valence-electron chi connectivity index (χ0n) is 11.9. The molecule has 2 fully saturated rings. The van der Waals surface area contributed by atoms with Gasteiger partial charge in [0.05, 0.1) is 17.4 Å². The monoisotopic (exact) mass is 303 g/mol. The predicted octanol–water partition coefficient (Wildman–Crippen LogP) is 3.56. The molecule has 2 aromatic rings. The van der Waals surface area contributed by atoms with Crippen LogP contribution in [0.15, 0.2) is 18.3 Å². The van der Waals surface area contributed by atoms with E-state index in [9.17, 15) is 4.79 Å². The summed E-state index contributed by atoms with van der Waals surface area (Å²) >= 11 is 6.22. The summed E-state index contributed by atoms with van der Waals surface area (Å²) in [5.41, 5.74) is 2.12. The predicted molar refractivity (Wildman–Crippen MR) is 83.8 cm³/mol. The molecular formula is C16H18ClN3O. The maximum Gasteiger partial charge on any atom is 0.139 e. The first kappa shape index (κ1) is 13.1. The van der Waals surface area contributed by atoms with Crippen LogP contribution in [0.1, 0.15) is 32.1 Å². The lowest BCUT2D eigenvalue weighted by atomic mass is 9.76. The molecule has 0 bridgehead atoms. The van der Waals surface area contributed by atoms with Gasteiger partial charge in [0, 0.05) is 35.3 Å². The Bertz CT molecular complexity index is 701. The molecule has 4 nitrogen and oxygen atoms in total. The number of Topliss-reactive ketones (excluding diaryl/α,β-unsaturated/α-hetero) is 1. The second kappa shape index (κ2) is 4.73. The number of aromatic amines is 1. The van der Waals surface area contributed by atoms with E-state index >= 15 is 0 Å². The third-order valence-corrected chi connectivity index (χ3v) is 5.42. The number of carbonyl (C=O) groups excluding carboxylic acids is 1. The van der Waals surface area contributed by atoms with Crippen molar-refractivity contribution in [3.05, 3.63) is 23.4 Å². The fraction of sp³-hybridized carbons (Fsp3) is 0.500. The Morgan fingerprint density at radius 1 is 1.24 bits per heavy atom. The van der Waals surface area contributed by atoms with Gasteiger partial charge in [0.25, 0.3) is 0 Å². The van der Waals surface area contributed by atoms with Crippen LogP contribution in [0.2, 0.25) is 5.02 Å². The van der Waals surface area contributed by atoms with Crippen molar-refractivity contribution in [2.75, 3.05) is 18.0 Å². The number of ketones is 1. The van der Waals surface area contributed by atoms with Crippen molar-refractivity contribution in [3.8, 4) is 0 Å². The third-order valence-electron chi connectivity index (χ3n) is 5.20.